The van der Waals surface area contributed by atoms with E-state index in [0.717, 1.165) is 22.7 Å². The van der Waals surface area contributed by atoms with Crippen LogP contribution in [0, 0.1) is 6.92 Å². The molecular weight excluding hydrogens is 240 g/mol. The Morgan fingerprint density at radius 2 is 2.35 bits per heavy atom. The standard InChI is InChI=1S/C11H10N2O3S/c1-5-12-4-7(17-5)9-8(11(14)15)10(16-13-9)6-2-3-6/h4,6H,2-3H2,1H3,(H,14,15). The van der Waals surface area contributed by atoms with E-state index >= 15 is 0 Å². The van der Waals surface area contributed by atoms with E-state index < -0.39 is 5.97 Å². The van der Waals surface area contributed by atoms with Gasteiger partial charge in [0.05, 0.1) is 9.88 Å². The van der Waals surface area contributed by atoms with Gasteiger partial charge in [-0.15, -0.1) is 11.3 Å². The van der Waals surface area contributed by atoms with Gasteiger partial charge in [0.2, 0.25) is 0 Å². The van der Waals surface area contributed by atoms with E-state index in [0.29, 0.717) is 11.5 Å². The van der Waals surface area contributed by atoms with Crippen LogP contribution in [0.3, 0.4) is 0 Å². The molecule has 2 heterocycles. The fraction of sp³-hybridized carbons (Fsp3) is 0.364. The Morgan fingerprint density at radius 1 is 1.59 bits per heavy atom. The van der Waals surface area contributed by atoms with Crippen molar-refractivity contribution in [2.75, 3.05) is 0 Å². The number of hydrogen-bond donors (Lipinski definition) is 1. The van der Waals surface area contributed by atoms with E-state index in [-0.39, 0.29) is 11.5 Å². The summed E-state index contributed by atoms with van der Waals surface area (Å²) in [6.07, 6.45) is 3.61. The van der Waals surface area contributed by atoms with Gasteiger partial charge in [-0.1, -0.05) is 5.16 Å². The van der Waals surface area contributed by atoms with Crippen LogP contribution < -0.4 is 0 Å². The minimum atomic E-state index is -0.978. The largest absolute Gasteiger partial charge is 0.477 e. The van der Waals surface area contributed by atoms with Crippen LogP contribution in [0.2, 0.25) is 0 Å². The number of aromatic carboxylic acids is 1. The van der Waals surface area contributed by atoms with Crippen LogP contribution in [-0.2, 0) is 0 Å². The topological polar surface area (TPSA) is 76.2 Å². The van der Waals surface area contributed by atoms with Crippen molar-refractivity contribution in [3.8, 4) is 10.6 Å². The average molecular weight is 250 g/mol. The molecule has 6 heteroatoms. The number of thiazole rings is 1. The highest BCUT2D eigenvalue weighted by Gasteiger charge is 2.35. The van der Waals surface area contributed by atoms with Crippen LogP contribution in [0.5, 0.6) is 0 Å². The Labute approximate surface area is 101 Å². The molecule has 0 aromatic carbocycles. The quantitative estimate of drug-likeness (QED) is 0.906. The van der Waals surface area contributed by atoms with E-state index in [1.54, 1.807) is 6.20 Å². The molecule has 0 saturated heterocycles. The Balaban J connectivity index is 2.13. The van der Waals surface area contributed by atoms with E-state index in [1.807, 2.05) is 6.92 Å². The predicted octanol–water partition coefficient (Wildman–Crippen LogP) is 2.68. The van der Waals surface area contributed by atoms with Gasteiger partial charge in [0.1, 0.15) is 11.3 Å². The van der Waals surface area contributed by atoms with Crippen molar-refractivity contribution in [2.45, 2.75) is 25.7 Å². The summed E-state index contributed by atoms with van der Waals surface area (Å²) in [5.74, 6) is -0.232. The molecule has 0 unspecified atom stereocenters. The molecule has 1 saturated carbocycles. The monoisotopic (exact) mass is 250 g/mol. The highest BCUT2D eigenvalue weighted by atomic mass is 32.1. The van der Waals surface area contributed by atoms with Gasteiger partial charge < -0.3 is 9.63 Å². The zero-order valence-corrected chi connectivity index (χ0v) is 9.95. The fourth-order valence-corrected chi connectivity index (χ4v) is 2.54. The van der Waals surface area contributed by atoms with E-state index in [9.17, 15) is 9.90 Å². The molecule has 1 N–H and O–H groups in total. The summed E-state index contributed by atoms with van der Waals surface area (Å²) in [7, 11) is 0. The Kier molecular flexibility index (Phi) is 2.25. The molecule has 3 rings (SSSR count). The molecule has 0 bridgehead atoms. The second-order valence-electron chi connectivity index (χ2n) is 4.09. The second-order valence-corrected chi connectivity index (χ2v) is 5.33. The van der Waals surface area contributed by atoms with Crippen molar-refractivity contribution < 1.29 is 14.4 Å². The molecule has 0 spiro atoms. The van der Waals surface area contributed by atoms with Crippen molar-refractivity contribution in [2.24, 2.45) is 0 Å². The van der Waals surface area contributed by atoms with E-state index in [4.69, 9.17) is 4.52 Å². The molecule has 0 aliphatic heterocycles. The van der Waals surface area contributed by atoms with Crippen molar-refractivity contribution in [3.63, 3.8) is 0 Å². The Morgan fingerprint density at radius 3 is 2.88 bits per heavy atom. The first-order valence-corrected chi connectivity index (χ1v) is 6.14. The maximum absolute atomic E-state index is 11.3. The first-order valence-electron chi connectivity index (χ1n) is 5.32. The molecule has 0 radical (unpaired) electrons. The fourth-order valence-electron chi connectivity index (χ4n) is 1.77. The number of aryl methyl sites for hydroxylation is 1. The minimum absolute atomic E-state index is 0.205. The van der Waals surface area contributed by atoms with Gasteiger partial charge in [-0.05, 0) is 19.8 Å². The van der Waals surface area contributed by atoms with Gasteiger partial charge in [0.15, 0.2) is 5.76 Å². The lowest BCUT2D eigenvalue weighted by atomic mass is 10.1. The average Bonchev–Trinajstić information content (AvgIpc) is 2.87. The third-order valence-corrected chi connectivity index (χ3v) is 3.65. The van der Waals surface area contributed by atoms with E-state index in [2.05, 4.69) is 10.1 Å². The molecule has 0 amide bonds. The van der Waals surface area contributed by atoms with Gasteiger partial charge in [-0.25, -0.2) is 9.78 Å². The normalized spacial score (nSPS) is 15.1. The van der Waals surface area contributed by atoms with Gasteiger partial charge >= 0.3 is 5.97 Å². The number of rotatable bonds is 3. The highest BCUT2D eigenvalue weighted by Crippen LogP contribution is 2.44. The molecule has 2 aromatic rings. The zero-order valence-electron chi connectivity index (χ0n) is 9.14. The minimum Gasteiger partial charge on any atom is -0.477 e. The zero-order chi connectivity index (χ0) is 12.0. The van der Waals surface area contributed by atoms with Crippen LogP contribution >= 0.6 is 11.3 Å². The van der Waals surface area contributed by atoms with Crippen molar-refractivity contribution in [1.29, 1.82) is 0 Å². The molecule has 88 valence electrons. The first kappa shape index (κ1) is 10.5. The highest BCUT2D eigenvalue weighted by molar-refractivity contribution is 7.15. The van der Waals surface area contributed by atoms with Crippen molar-refractivity contribution in [1.82, 2.24) is 10.1 Å². The lowest BCUT2D eigenvalue weighted by Gasteiger charge is -1.94. The molecule has 1 fully saturated rings. The second kappa shape index (κ2) is 3.66. The van der Waals surface area contributed by atoms with Gasteiger partial charge in [-0.3, -0.25) is 0 Å². The number of aromatic nitrogens is 2. The molecule has 0 atom stereocenters. The van der Waals surface area contributed by atoms with Crippen molar-refractivity contribution >= 4 is 17.3 Å². The lowest BCUT2D eigenvalue weighted by Crippen LogP contribution is -2.00. The van der Waals surface area contributed by atoms with Gasteiger partial charge in [0.25, 0.3) is 0 Å². The van der Waals surface area contributed by atoms with E-state index in [1.165, 1.54) is 11.3 Å². The van der Waals surface area contributed by atoms with Crippen LogP contribution in [-0.4, -0.2) is 21.2 Å². The van der Waals surface area contributed by atoms with Crippen LogP contribution in [0.15, 0.2) is 10.7 Å². The summed E-state index contributed by atoms with van der Waals surface area (Å²) < 4.78 is 5.19. The van der Waals surface area contributed by atoms with Crippen molar-refractivity contribution in [3.05, 3.63) is 22.5 Å². The van der Waals surface area contributed by atoms with Gasteiger partial charge in [-0.2, -0.15) is 0 Å². The summed E-state index contributed by atoms with van der Waals surface area (Å²) in [6.45, 7) is 1.87. The number of carbonyl (C=O) groups is 1. The number of hydrogen-bond acceptors (Lipinski definition) is 5. The van der Waals surface area contributed by atoms with Crippen LogP contribution in [0.4, 0.5) is 0 Å². The number of carboxylic acids is 1. The lowest BCUT2D eigenvalue weighted by molar-refractivity contribution is 0.0695. The summed E-state index contributed by atoms with van der Waals surface area (Å²) >= 11 is 1.42. The molecule has 2 aromatic heterocycles. The Hall–Kier alpha value is -1.69. The smallest absolute Gasteiger partial charge is 0.341 e. The van der Waals surface area contributed by atoms with Crippen LogP contribution in [0.25, 0.3) is 10.6 Å². The summed E-state index contributed by atoms with van der Waals surface area (Å²) in [5.41, 5.74) is 0.612. The molecular formula is C11H10N2O3S. The molecule has 5 nitrogen and oxygen atoms in total. The first-order chi connectivity index (χ1) is 8.16. The summed E-state index contributed by atoms with van der Waals surface area (Å²) in [5, 5.41) is 14.0. The number of nitrogens with zero attached hydrogens (tertiary/aromatic N) is 2. The SMILES string of the molecule is Cc1ncc(-c2noc(C3CC3)c2C(=O)O)s1. The molecule has 17 heavy (non-hydrogen) atoms. The van der Waals surface area contributed by atoms with Gasteiger partial charge in [0, 0.05) is 12.1 Å². The molecule has 1 aliphatic carbocycles. The molecule has 1 aliphatic rings. The summed E-state index contributed by atoms with van der Waals surface area (Å²) in [6, 6.07) is 0. The third-order valence-electron chi connectivity index (χ3n) is 2.74. The maximum Gasteiger partial charge on any atom is 0.341 e. The Bertz CT molecular complexity index is 583. The third kappa shape index (κ3) is 1.74. The maximum atomic E-state index is 11.3. The van der Waals surface area contributed by atoms with Crippen LogP contribution in [0.1, 0.15) is 39.9 Å². The number of carboxylic acid groups (broad SMARTS) is 1. The predicted molar refractivity (Wildman–Crippen MR) is 61.3 cm³/mol. The summed E-state index contributed by atoms with van der Waals surface area (Å²) in [4.78, 5) is 16.2.